The lowest BCUT2D eigenvalue weighted by atomic mass is 10.1. The third-order valence-corrected chi connectivity index (χ3v) is 5.39. The van der Waals surface area contributed by atoms with Crippen LogP contribution in [0.15, 0.2) is 42.5 Å². The highest BCUT2D eigenvalue weighted by Crippen LogP contribution is 2.33. The number of aryl methyl sites for hydroxylation is 1. The number of nitrogens with zero attached hydrogens (tertiary/aromatic N) is 3. The van der Waals surface area contributed by atoms with Gasteiger partial charge in [-0.3, -0.25) is 4.79 Å². The Labute approximate surface area is 178 Å². The van der Waals surface area contributed by atoms with Crippen LogP contribution in [0.5, 0.6) is 11.5 Å². The number of rotatable bonds is 6. The Bertz CT molecular complexity index is 1080. The first kappa shape index (κ1) is 20.2. The molecule has 30 heavy (non-hydrogen) atoms. The van der Waals surface area contributed by atoms with Crippen LogP contribution in [0.2, 0.25) is 5.15 Å². The zero-order valence-electron chi connectivity index (χ0n) is 16.7. The van der Waals surface area contributed by atoms with Crippen molar-refractivity contribution >= 4 is 17.5 Å². The van der Waals surface area contributed by atoms with Gasteiger partial charge in [-0.2, -0.15) is 5.10 Å². The van der Waals surface area contributed by atoms with E-state index in [0.717, 1.165) is 11.1 Å². The van der Waals surface area contributed by atoms with Crippen molar-refractivity contribution in [3.05, 3.63) is 75.8 Å². The molecule has 4 rings (SSSR count). The van der Waals surface area contributed by atoms with Crippen LogP contribution in [0.1, 0.15) is 34.1 Å². The summed E-state index contributed by atoms with van der Waals surface area (Å²) >= 11 is 6.53. The first-order valence-electron chi connectivity index (χ1n) is 9.61. The van der Waals surface area contributed by atoms with E-state index < -0.39 is 0 Å². The number of hydrogen-bond donors (Lipinski definition) is 0. The molecule has 2 aromatic carbocycles. The summed E-state index contributed by atoms with van der Waals surface area (Å²) < 4.78 is 25.5. The Morgan fingerprint density at radius 1 is 1.17 bits per heavy atom. The molecule has 1 aromatic heterocycles. The summed E-state index contributed by atoms with van der Waals surface area (Å²) in [4.78, 5) is 15.0. The molecule has 6 nitrogen and oxygen atoms in total. The lowest BCUT2D eigenvalue weighted by Gasteiger charge is -2.21. The molecule has 0 saturated heterocycles. The number of amides is 1. The molecule has 0 atom stereocenters. The van der Waals surface area contributed by atoms with Crippen molar-refractivity contribution in [3.63, 3.8) is 0 Å². The zero-order valence-corrected chi connectivity index (χ0v) is 17.4. The number of halogens is 2. The van der Waals surface area contributed by atoms with E-state index in [1.165, 1.54) is 12.1 Å². The van der Waals surface area contributed by atoms with Crippen molar-refractivity contribution in [2.45, 2.75) is 26.9 Å². The van der Waals surface area contributed by atoms with Crippen LogP contribution in [0, 0.1) is 12.7 Å². The fourth-order valence-corrected chi connectivity index (χ4v) is 3.72. The van der Waals surface area contributed by atoms with Gasteiger partial charge in [0.15, 0.2) is 11.5 Å². The number of aromatic nitrogens is 2. The molecule has 156 valence electrons. The van der Waals surface area contributed by atoms with Gasteiger partial charge in [0.2, 0.25) is 6.79 Å². The number of carbonyl (C=O) groups excluding carboxylic acids is 1. The maximum atomic E-state index is 13.2. The van der Waals surface area contributed by atoms with Crippen molar-refractivity contribution < 1.29 is 18.7 Å². The van der Waals surface area contributed by atoms with Crippen LogP contribution in [-0.2, 0) is 13.1 Å². The Morgan fingerprint density at radius 3 is 2.60 bits per heavy atom. The summed E-state index contributed by atoms with van der Waals surface area (Å²) in [6.07, 6.45) is 0. The largest absolute Gasteiger partial charge is 0.454 e. The number of fused-ring (bicyclic) bond motifs is 1. The predicted molar refractivity (Wildman–Crippen MR) is 110 cm³/mol. The van der Waals surface area contributed by atoms with Gasteiger partial charge in [0.1, 0.15) is 11.0 Å². The summed E-state index contributed by atoms with van der Waals surface area (Å²) in [6, 6.07) is 11.7. The Kier molecular flexibility index (Phi) is 5.63. The molecule has 0 aliphatic carbocycles. The molecule has 0 saturated carbocycles. The first-order valence-corrected chi connectivity index (χ1v) is 9.99. The van der Waals surface area contributed by atoms with E-state index in [-0.39, 0.29) is 23.7 Å². The van der Waals surface area contributed by atoms with Crippen LogP contribution in [0.4, 0.5) is 4.39 Å². The van der Waals surface area contributed by atoms with Crippen LogP contribution in [0.25, 0.3) is 0 Å². The van der Waals surface area contributed by atoms with Crippen LogP contribution < -0.4 is 9.47 Å². The highest BCUT2D eigenvalue weighted by atomic mass is 35.5. The molecule has 3 aromatic rings. The Hall–Kier alpha value is -3.06. The van der Waals surface area contributed by atoms with Gasteiger partial charge in [-0.1, -0.05) is 29.8 Å². The average molecular weight is 430 g/mol. The van der Waals surface area contributed by atoms with Gasteiger partial charge in [-0.25, -0.2) is 9.07 Å². The summed E-state index contributed by atoms with van der Waals surface area (Å²) in [5, 5.41) is 4.70. The minimum Gasteiger partial charge on any atom is -0.454 e. The van der Waals surface area contributed by atoms with Crippen LogP contribution >= 0.6 is 11.6 Å². The summed E-state index contributed by atoms with van der Waals surface area (Å²) in [7, 11) is 0. The second-order valence-corrected chi connectivity index (χ2v) is 7.40. The lowest BCUT2D eigenvalue weighted by Crippen LogP contribution is -2.30. The van der Waals surface area contributed by atoms with Crippen molar-refractivity contribution in [2.75, 3.05) is 13.3 Å². The van der Waals surface area contributed by atoms with E-state index in [2.05, 4.69) is 5.10 Å². The standard InChI is InChI=1S/C22H21ClFN3O3/c1-3-26(11-16-6-9-18-19(10-16)30-13-29-18)22(28)20-14(2)25-27(21(20)23)12-15-4-7-17(24)8-5-15/h4-10H,3,11-13H2,1-2H3. The van der Waals surface area contributed by atoms with Crippen molar-refractivity contribution in [3.8, 4) is 11.5 Å². The Morgan fingerprint density at radius 2 is 1.87 bits per heavy atom. The van der Waals surface area contributed by atoms with E-state index >= 15 is 0 Å². The van der Waals surface area contributed by atoms with Gasteiger partial charge in [0, 0.05) is 13.1 Å². The third kappa shape index (κ3) is 3.98. The van der Waals surface area contributed by atoms with E-state index in [4.69, 9.17) is 21.1 Å². The van der Waals surface area contributed by atoms with Crippen molar-refractivity contribution in [1.82, 2.24) is 14.7 Å². The minimum atomic E-state index is -0.306. The average Bonchev–Trinajstić information content (AvgIpc) is 3.31. The topological polar surface area (TPSA) is 56.6 Å². The number of carbonyl (C=O) groups is 1. The monoisotopic (exact) mass is 429 g/mol. The summed E-state index contributed by atoms with van der Waals surface area (Å²) in [5.74, 6) is 0.883. The summed E-state index contributed by atoms with van der Waals surface area (Å²) in [5.41, 5.74) is 2.70. The number of benzene rings is 2. The second kappa shape index (κ2) is 8.36. The Balaban J connectivity index is 1.55. The SMILES string of the molecule is CCN(Cc1ccc2c(c1)OCO2)C(=O)c1c(C)nn(Cc2ccc(F)cc2)c1Cl. The van der Waals surface area contributed by atoms with Crippen molar-refractivity contribution in [1.29, 1.82) is 0 Å². The molecular formula is C22H21ClFN3O3. The number of ether oxygens (including phenoxy) is 2. The molecule has 0 radical (unpaired) electrons. The fourth-order valence-electron chi connectivity index (χ4n) is 3.41. The second-order valence-electron chi connectivity index (χ2n) is 7.04. The van der Waals surface area contributed by atoms with E-state index in [1.54, 1.807) is 28.6 Å². The zero-order chi connectivity index (χ0) is 21.3. The maximum absolute atomic E-state index is 13.2. The molecule has 1 aliphatic rings. The molecule has 2 heterocycles. The highest BCUT2D eigenvalue weighted by molar-refractivity contribution is 6.33. The van der Waals surface area contributed by atoms with E-state index in [9.17, 15) is 9.18 Å². The quantitative estimate of drug-likeness (QED) is 0.582. The predicted octanol–water partition coefficient (Wildman–Crippen LogP) is 4.42. The van der Waals surface area contributed by atoms with Gasteiger partial charge >= 0.3 is 0 Å². The highest BCUT2D eigenvalue weighted by Gasteiger charge is 2.25. The fraction of sp³-hybridized carbons (Fsp3) is 0.273. The maximum Gasteiger partial charge on any atom is 0.259 e. The van der Waals surface area contributed by atoms with Crippen LogP contribution in [-0.4, -0.2) is 33.9 Å². The minimum absolute atomic E-state index is 0.192. The van der Waals surface area contributed by atoms with Gasteiger partial charge in [-0.05, 0) is 49.2 Å². The molecule has 0 N–H and O–H groups in total. The number of hydrogen-bond acceptors (Lipinski definition) is 4. The molecular weight excluding hydrogens is 409 g/mol. The smallest absolute Gasteiger partial charge is 0.259 e. The van der Waals surface area contributed by atoms with E-state index in [0.29, 0.717) is 42.4 Å². The molecule has 0 fully saturated rings. The van der Waals surface area contributed by atoms with Gasteiger partial charge in [0.05, 0.1) is 17.8 Å². The van der Waals surface area contributed by atoms with Gasteiger partial charge in [0.25, 0.3) is 5.91 Å². The third-order valence-electron chi connectivity index (χ3n) is 5.00. The molecule has 8 heteroatoms. The van der Waals surface area contributed by atoms with Crippen LogP contribution in [0.3, 0.4) is 0 Å². The van der Waals surface area contributed by atoms with E-state index in [1.807, 2.05) is 25.1 Å². The molecule has 0 bridgehead atoms. The van der Waals surface area contributed by atoms with Gasteiger partial charge < -0.3 is 14.4 Å². The van der Waals surface area contributed by atoms with Crippen molar-refractivity contribution in [2.24, 2.45) is 0 Å². The lowest BCUT2D eigenvalue weighted by molar-refractivity contribution is 0.0751. The molecule has 0 spiro atoms. The van der Waals surface area contributed by atoms with Gasteiger partial charge in [-0.15, -0.1) is 0 Å². The summed E-state index contributed by atoms with van der Waals surface area (Å²) in [6.45, 7) is 5.14. The molecule has 1 amide bonds. The normalized spacial score (nSPS) is 12.3. The first-order chi connectivity index (χ1) is 14.5. The molecule has 0 unspecified atom stereocenters. The molecule has 1 aliphatic heterocycles.